The monoisotopic (exact) mass is 314 g/mol. The quantitative estimate of drug-likeness (QED) is 0.928. The lowest BCUT2D eigenvalue weighted by molar-refractivity contribution is 0.406. The predicted molar refractivity (Wildman–Crippen MR) is 80.7 cm³/mol. The van der Waals surface area contributed by atoms with Crippen LogP contribution in [-0.2, 0) is 16.6 Å². The van der Waals surface area contributed by atoms with Crippen molar-refractivity contribution in [2.75, 3.05) is 13.1 Å². The first kappa shape index (κ1) is 16.4. The lowest BCUT2D eigenvalue weighted by Gasteiger charge is -2.22. The fourth-order valence-electron chi connectivity index (χ4n) is 2.91. The van der Waals surface area contributed by atoms with Crippen LogP contribution in [-0.4, -0.2) is 25.8 Å². The number of sulfonamides is 1. The molecule has 1 saturated heterocycles. The van der Waals surface area contributed by atoms with Crippen molar-refractivity contribution in [1.82, 2.24) is 4.31 Å². The topological polar surface area (TPSA) is 63.4 Å². The van der Waals surface area contributed by atoms with Crippen LogP contribution in [0.2, 0.25) is 0 Å². The lowest BCUT2D eigenvalue weighted by Crippen LogP contribution is -2.33. The minimum absolute atomic E-state index is 0.0138. The molecule has 1 aromatic rings. The van der Waals surface area contributed by atoms with Gasteiger partial charge in [0.25, 0.3) is 0 Å². The van der Waals surface area contributed by atoms with Gasteiger partial charge in [-0.1, -0.05) is 19.4 Å². The highest BCUT2D eigenvalue weighted by atomic mass is 32.2. The maximum Gasteiger partial charge on any atom is 0.243 e. The Bertz CT molecular complexity index is 589. The van der Waals surface area contributed by atoms with Crippen LogP contribution < -0.4 is 5.73 Å². The van der Waals surface area contributed by atoms with Crippen LogP contribution in [0.4, 0.5) is 4.39 Å². The molecule has 6 heteroatoms. The number of hydrogen-bond acceptors (Lipinski definition) is 3. The highest BCUT2D eigenvalue weighted by Gasteiger charge is 2.29. The van der Waals surface area contributed by atoms with Gasteiger partial charge >= 0.3 is 0 Å². The van der Waals surface area contributed by atoms with E-state index >= 15 is 0 Å². The van der Waals surface area contributed by atoms with Crippen LogP contribution >= 0.6 is 0 Å². The second kappa shape index (κ2) is 6.85. The van der Waals surface area contributed by atoms with Crippen molar-refractivity contribution in [3.05, 3.63) is 29.6 Å². The number of benzene rings is 1. The van der Waals surface area contributed by atoms with Gasteiger partial charge in [-0.15, -0.1) is 0 Å². The van der Waals surface area contributed by atoms with Crippen molar-refractivity contribution in [3.63, 3.8) is 0 Å². The summed E-state index contributed by atoms with van der Waals surface area (Å²) in [6.07, 6.45) is 3.84. The number of hydrogen-bond donors (Lipinski definition) is 1. The first-order chi connectivity index (χ1) is 10.0. The summed E-state index contributed by atoms with van der Waals surface area (Å²) in [6, 6.07) is 4.12. The van der Waals surface area contributed by atoms with Crippen molar-refractivity contribution in [2.45, 2.75) is 44.0 Å². The first-order valence-electron chi connectivity index (χ1n) is 7.48. The Balaban J connectivity index is 2.32. The van der Waals surface area contributed by atoms with E-state index in [9.17, 15) is 12.8 Å². The standard InChI is InChI=1S/C15H23FN2O2S/c1-2-12-5-4-9-18(10-8-12)21(19,20)15-7-3-6-14(16)13(15)11-17/h3,6-7,12H,2,4-5,8-11,17H2,1H3. The smallest absolute Gasteiger partial charge is 0.243 e. The molecule has 4 nitrogen and oxygen atoms in total. The molecule has 0 bridgehead atoms. The molecule has 0 radical (unpaired) electrons. The average molecular weight is 314 g/mol. The van der Waals surface area contributed by atoms with Crippen molar-refractivity contribution in [2.24, 2.45) is 11.7 Å². The molecule has 1 aliphatic rings. The summed E-state index contributed by atoms with van der Waals surface area (Å²) in [7, 11) is -3.67. The molecule has 0 amide bonds. The molecule has 1 atom stereocenters. The van der Waals surface area contributed by atoms with E-state index in [1.165, 1.54) is 22.5 Å². The Morgan fingerprint density at radius 2 is 2.10 bits per heavy atom. The Hall–Kier alpha value is -0.980. The highest BCUT2D eigenvalue weighted by Crippen LogP contribution is 2.27. The van der Waals surface area contributed by atoms with E-state index in [4.69, 9.17) is 5.73 Å². The molecule has 2 rings (SSSR count). The fraction of sp³-hybridized carbons (Fsp3) is 0.600. The summed E-state index contributed by atoms with van der Waals surface area (Å²) in [5.41, 5.74) is 5.61. The van der Waals surface area contributed by atoms with Gasteiger partial charge in [0.05, 0.1) is 4.90 Å². The summed E-state index contributed by atoms with van der Waals surface area (Å²) in [6.45, 7) is 3.02. The van der Waals surface area contributed by atoms with Crippen LogP contribution in [0.15, 0.2) is 23.1 Å². The zero-order valence-corrected chi connectivity index (χ0v) is 13.2. The third-order valence-electron chi connectivity index (χ3n) is 4.28. The maximum atomic E-state index is 13.8. The fourth-order valence-corrected chi connectivity index (χ4v) is 4.64. The van der Waals surface area contributed by atoms with Crippen molar-refractivity contribution >= 4 is 10.0 Å². The van der Waals surface area contributed by atoms with Gasteiger partial charge < -0.3 is 5.73 Å². The summed E-state index contributed by atoms with van der Waals surface area (Å²) >= 11 is 0. The molecule has 0 aromatic heterocycles. The zero-order chi connectivity index (χ0) is 15.5. The third kappa shape index (κ3) is 3.44. The Labute approximate surface area is 126 Å². The maximum absolute atomic E-state index is 13.8. The van der Waals surface area contributed by atoms with Gasteiger partial charge in [-0.05, 0) is 37.3 Å². The molecule has 21 heavy (non-hydrogen) atoms. The Kier molecular flexibility index (Phi) is 5.35. The molecular formula is C15H23FN2O2S. The minimum Gasteiger partial charge on any atom is -0.326 e. The number of halogens is 1. The number of nitrogens with two attached hydrogens (primary N) is 1. The molecule has 1 aliphatic heterocycles. The Morgan fingerprint density at radius 3 is 2.76 bits per heavy atom. The SMILES string of the molecule is CCC1CCCN(S(=O)(=O)c2cccc(F)c2CN)CC1. The molecule has 1 heterocycles. The van der Waals surface area contributed by atoms with Crippen LogP contribution in [0.1, 0.15) is 38.2 Å². The second-order valence-electron chi connectivity index (χ2n) is 5.53. The molecule has 2 N–H and O–H groups in total. The summed E-state index contributed by atoms with van der Waals surface area (Å²) in [5, 5.41) is 0. The van der Waals surface area contributed by atoms with E-state index in [0.29, 0.717) is 19.0 Å². The summed E-state index contributed by atoms with van der Waals surface area (Å²) < 4.78 is 40.8. The third-order valence-corrected chi connectivity index (χ3v) is 6.27. The van der Waals surface area contributed by atoms with Gasteiger partial charge in [0.15, 0.2) is 0 Å². The van der Waals surface area contributed by atoms with Crippen molar-refractivity contribution < 1.29 is 12.8 Å². The van der Waals surface area contributed by atoms with Gasteiger partial charge in [0.2, 0.25) is 10.0 Å². The van der Waals surface area contributed by atoms with Crippen molar-refractivity contribution in [3.8, 4) is 0 Å². The lowest BCUT2D eigenvalue weighted by atomic mass is 9.98. The molecule has 1 aromatic carbocycles. The van der Waals surface area contributed by atoms with E-state index in [1.807, 2.05) is 0 Å². The normalized spacial score (nSPS) is 21.2. The molecule has 1 unspecified atom stereocenters. The average Bonchev–Trinajstić information content (AvgIpc) is 2.72. The van der Waals surface area contributed by atoms with Gasteiger partial charge in [0, 0.05) is 25.2 Å². The Morgan fingerprint density at radius 1 is 1.33 bits per heavy atom. The van der Waals surface area contributed by atoms with Gasteiger partial charge in [-0.25, -0.2) is 12.8 Å². The van der Waals surface area contributed by atoms with Crippen LogP contribution in [0.3, 0.4) is 0 Å². The van der Waals surface area contributed by atoms with Gasteiger partial charge in [-0.3, -0.25) is 0 Å². The van der Waals surface area contributed by atoms with Crippen molar-refractivity contribution in [1.29, 1.82) is 0 Å². The highest BCUT2D eigenvalue weighted by molar-refractivity contribution is 7.89. The first-order valence-corrected chi connectivity index (χ1v) is 8.92. The van der Waals surface area contributed by atoms with E-state index < -0.39 is 15.8 Å². The van der Waals surface area contributed by atoms with Crippen LogP contribution in [0.5, 0.6) is 0 Å². The largest absolute Gasteiger partial charge is 0.326 e. The van der Waals surface area contributed by atoms with E-state index in [1.54, 1.807) is 0 Å². The molecule has 118 valence electrons. The second-order valence-corrected chi connectivity index (χ2v) is 7.44. The van der Waals surface area contributed by atoms with Gasteiger partial charge in [-0.2, -0.15) is 4.31 Å². The molecule has 1 fully saturated rings. The molecule has 0 aliphatic carbocycles. The van der Waals surface area contributed by atoms with E-state index in [0.717, 1.165) is 25.7 Å². The van der Waals surface area contributed by atoms with Gasteiger partial charge in [0.1, 0.15) is 5.82 Å². The molecule has 0 saturated carbocycles. The number of rotatable bonds is 4. The zero-order valence-electron chi connectivity index (χ0n) is 12.4. The van der Waals surface area contributed by atoms with E-state index in [-0.39, 0.29) is 17.0 Å². The number of nitrogens with zero attached hydrogens (tertiary/aromatic N) is 1. The van der Waals surface area contributed by atoms with E-state index in [2.05, 4.69) is 6.92 Å². The summed E-state index contributed by atoms with van der Waals surface area (Å²) in [4.78, 5) is 0.0138. The molecule has 0 spiro atoms. The predicted octanol–water partition coefficient (Wildman–Crippen LogP) is 2.49. The summed E-state index contributed by atoms with van der Waals surface area (Å²) in [5.74, 6) is 0.0199. The van der Waals surface area contributed by atoms with Crippen LogP contribution in [0, 0.1) is 11.7 Å². The van der Waals surface area contributed by atoms with Crippen LogP contribution in [0.25, 0.3) is 0 Å². The molecular weight excluding hydrogens is 291 g/mol. The minimum atomic E-state index is -3.67.